The summed E-state index contributed by atoms with van der Waals surface area (Å²) in [6, 6.07) is 15.7. The zero-order valence-corrected chi connectivity index (χ0v) is 17.3. The van der Waals surface area contributed by atoms with Crippen molar-refractivity contribution < 1.29 is 4.74 Å². The molecular formula is C23H28N4O2. The Balaban J connectivity index is 1.75. The van der Waals surface area contributed by atoms with Crippen LogP contribution in [0.25, 0.3) is 11.4 Å². The molecule has 0 aliphatic carbocycles. The first-order valence-corrected chi connectivity index (χ1v) is 9.90. The van der Waals surface area contributed by atoms with Gasteiger partial charge in [0.2, 0.25) is 0 Å². The Morgan fingerprint density at radius 3 is 2.62 bits per heavy atom. The normalized spacial score (nSPS) is 12.3. The second-order valence-corrected chi connectivity index (χ2v) is 7.17. The third-order valence-corrected chi connectivity index (χ3v) is 4.85. The SMILES string of the molecule is CCCc1cc(=O)[nH]c(-c2ccc(CN(C)C(COC)c3ccccn3)cc2)n1. The van der Waals surface area contributed by atoms with Gasteiger partial charge in [-0.05, 0) is 31.2 Å². The number of methoxy groups -OCH3 is 1. The summed E-state index contributed by atoms with van der Waals surface area (Å²) in [5.41, 5.74) is 3.78. The van der Waals surface area contributed by atoms with Crippen LogP contribution in [0.2, 0.25) is 0 Å². The lowest BCUT2D eigenvalue weighted by Crippen LogP contribution is -2.28. The first kappa shape index (κ1) is 20.9. The second-order valence-electron chi connectivity index (χ2n) is 7.17. The van der Waals surface area contributed by atoms with Gasteiger partial charge in [-0.1, -0.05) is 43.7 Å². The van der Waals surface area contributed by atoms with Gasteiger partial charge in [-0.3, -0.25) is 14.7 Å². The topological polar surface area (TPSA) is 71.1 Å². The van der Waals surface area contributed by atoms with Gasteiger partial charge >= 0.3 is 0 Å². The van der Waals surface area contributed by atoms with E-state index in [4.69, 9.17) is 4.74 Å². The molecule has 0 radical (unpaired) electrons. The van der Waals surface area contributed by atoms with Gasteiger partial charge in [0.15, 0.2) is 0 Å². The summed E-state index contributed by atoms with van der Waals surface area (Å²) in [5, 5.41) is 0. The van der Waals surface area contributed by atoms with E-state index < -0.39 is 0 Å². The molecule has 1 unspecified atom stereocenters. The summed E-state index contributed by atoms with van der Waals surface area (Å²) in [4.78, 5) is 26.1. The van der Waals surface area contributed by atoms with E-state index >= 15 is 0 Å². The maximum atomic E-state index is 11.9. The quantitative estimate of drug-likeness (QED) is 0.602. The van der Waals surface area contributed by atoms with Gasteiger partial charge in [-0.15, -0.1) is 0 Å². The van der Waals surface area contributed by atoms with Crippen molar-refractivity contribution in [3.05, 3.63) is 82.0 Å². The number of hydrogen-bond donors (Lipinski definition) is 1. The number of rotatable bonds is 9. The number of aromatic nitrogens is 3. The minimum absolute atomic E-state index is 0.0737. The first-order chi connectivity index (χ1) is 14.1. The van der Waals surface area contributed by atoms with Crippen LogP contribution in [0.4, 0.5) is 0 Å². The highest BCUT2D eigenvalue weighted by atomic mass is 16.5. The molecule has 0 amide bonds. The predicted octanol–water partition coefficient (Wildman–Crippen LogP) is 3.60. The minimum Gasteiger partial charge on any atom is -0.383 e. The highest BCUT2D eigenvalue weighted by Gasteiger charge is 2.18. The summed E-state index contributed by atoms with van der Waals surface area (Å²) in [5.74, 6) is 0.617. The van der Waals surface area contributed by atoms with Crippen LogP contribution >= 0.6 is 0 Å². The molecule has 6 nitrogen and oxygen atoms in total. The number of benzene rings is 1. The summed E-state index contributed by atoms with van der Waals surface area (Å²) in [6.45, 7) is 3.40. The predicted molar refractivity (Wildman–Crippen MR) is 115 cm³/mol. The molecule has 2 aromatic heterocycles. The van der Waals surface area contributed by atoms with Crippen LogP contribution in [0, 0.1) is 0 Å². The standard InChI is InChI=1S/C23H28N4O2/c1-4-7-19-14-22(28)26-23(25-19)18-11-9-17(10-12-18)15-27(2)21(16-29-3)20-8-5-6-13-24-20/h5-6,8-14,21H,4,7,15-16H2,1-3H3,(H,25,26,28). The fourth-order valence-corrected chi connectivity index (χ4v) is 3.36. The number of nitrogens with one attached hydrogen (secondary N) is 1. The summed E-state index contributed by atoms with van der Waals surface area (Å²) in [6.07, 6.45) is 3.56. The van der Waals surface area contributed by atoms with E-state index in [1.807, 2.05) is 30.3 Å². The Hall–Kier alpha value is -2.83. The van der Waals surface area contributed by atoms with Crippen molar-refractivity contribution in [1.82, 2.24) is 19.9 Å². The van der Waals surface area contributed by atoms with E-state index in [0.29, 0.717) is 12.4 Å². The molecule has 3 aromatic rings. The van der Waals surface area contributed by atoms with Gasteiger partial charge in [-0.25, -0.2) is 4.98 Å². The van der Waals surface area contributed by atoms with Gasteiger partial charge in [0.25, 0.3) is 5.56 Å². The van der Waals surface area contributed by atoms with E-state index in [0.717, 1.165) is 36.3 Å². The highest BCUT2D eigenvalue weighted by Crippen LogP contribution is 2.21. The zero-order chi connectivity index (χ0) is 20.6. The number of aromatic amines is 1. The number of aryl methyl sites for hydroxylation is 1. The molecule has 0 bridgehead atoms. The van der Waals surface area contributed by atoms with Crippen molar-refractivity contribution in [2.24, 2.45) is 0 Å². The lowest BCUT2D eigenvalue weighted by molar-refractivity contribution is 0.1000. The number of nitrogens with zero attached hydrogens (tertiary/aromatic N) is 3. The number of H-pyrrole nitrogens is 1. The van der Waals surface area contributed by atoms with Crippen molar-refractivity contribution in [1.29, 1.82) is 0 Å². The molecule has 0 saturated heterocycles. The second kappa shape index (κ2) is 10.1. The lowest BCUT2D eigenvalue weighted by atomic mass is 10.1. The van der Waals surface area contributed by atoms with Gasteiger partial charge < -0.3 is 9.72 Å². The molecule has 2 heterocycles. The van der Waals surface area contributed by atoms with E-state index in [1.165, 1.54) is 5.56 Å². The van der Waals surface area contributed by atoms with Crippen molar-refractivity contribution in [2.75, 3.05) is 20.8 Å². The van der Waals surface area contributed by atoms with Crippen LogP contribution in [0.15, 0.2) is 59.5 Å². The van der Waals surface area contributed by atoms with Crippen LogP contribution in [-0.2, 0) is 17.7 Å². The number of likely N-dealkylation sites (N-methyl/N-ethyl adjacent to an activating group) is 1. The number of ether oxygens (including phenoxy) is 1. The molecule has 1 aromatic carbocycles. The maximum Gasteiger partial charge on any atom is 0.251 e. The lowest BCUT2D eigenvalue weighted by Gasteiger charge is -2.27. The highest BCUT2D eigenvalue weighted by molar-refractivity contribution is 5.55. The van der Waals surface area contributed by atoms with Crippen LogP contribution < -0.4 is 5.56 Å². The van der Waals surface area contributed by atoms with Crippen molar-refractivity contribution >= 4 is 0 Å². The van der Waals surface area contributed by atoms with Crippen molar-refractivity contribution in [2.45, 2.75) is 32.4 Å². The first-order valence-electron chi connectivity index (χ1n) is 9.90. The van der Waals surface area contributed by atoms with Gasteiger partial charge in [0, 0.05) is 37.2 Å². The zero-order valence-electron chi connectivity index (χ0n) is 17.3. The van der Waals surface area contributed by atoms with Gasteiger partial charge in [-0.2, -0.15) is 0 Å². The smallest absolute Gasteiger partial charge is 0.251 e. The van der Waals surface area contributed by atoms with Crippen molar-refractivity contribution in [3.8, 4) is 11.4 Å². The molecule has 0 fully saturated rings. The molecule has 0 aliphatic heterocycles. The minimum atomic E-state index is -0.111. The molecule has 29 heavy (non-hydrogen) atoms. The van der Waals surface area contributed by atoms with Gasteiger partial charge in [0.1, 0.15) is 5.82 Å². The largest absolute Gasteiger partial charge is 0.383 e. The Morgan fingerprint density at radius 2 is 1.97 bits per heavy atom. The van der Waals surface area contributed by atoms with E-state index in [2.05, 4.69) is 46.0 Å². The van der Waals surface area contributed by atoms with Crippen LogP contribution in [-0.4, -0.2) is 40.6 Å². The van der Waals surface area contributed by atoms with E-state index in [1.54, 1.807) is 19.4 Å². The van der Waals surface area contributed by atoms with Gasteiger partial charge in [0.05, 0.1) is 18.3 Å². The van der Waals surface area contributed by atoms with E-state index in [-0.39, 0.29) is 11.6 Å². The Bertz CT molecular complexity index is 955. The molecule has 0 aliphatic rings. The summed E-state index contributed by atoms with van der Waals surface area (Å²) >= 11 is 0. The van der Waals surface area contributed by atoms with Crippen LogP contribution in [0.3, 0.4) is 0 Å². The molecule has 3 rings (SSSR count). The molecule has 1 atom stereocenters. The average molecular weight is 393 g/mol. The average Bonchev–Trinajstić information content (AvgIpc) is 2.73. The summed E-state index contributed by atoms with van der Waals surface area (Å²) < 4.78 is 5.41. The fourth-order valence-electron chi connectivity index (χ4n) is 3.36. The molecule has 152 valence electrons. The molecule has 0 saturated carbocycles. The monoisotopic (exact) mass is 392 g/mol. The summed E-state index contributed by atoms with van der Waals surface area (Å²) in [7, 11) is 3.78. The van der Waals surface area contributed by atoms with Crippen LogP contribution in [0.5, 0.6) is 0 Å². The fraction of sp³-hybridized carbons (Fsp3) is 0.348. The molecule has 0 spiro atoms. The maximum absolute atomic E-state index is 11.9. The third kappa shape index (κ3) is 5.59. The Kier molecular flexibility index (Phi) is 7.27. The Morgan fingerprint density at radius 1 is 1.17 bits per heavy atom. The third-order valence-electron chi connectivity index (χ3n) is 4.85. The molecular weight excluding hydrogens is 364 g/mol. The van der Waals surface area contributed by atoms with E-state index in [9.17, 15) is 4.79 Å². The number of pyridine rings is 1. The molecule has 1 N–H and O–H groups in total. The van der Waals surface area contributed by atoms with Crippen LogP contribution in [0.1, 0.15) is 36.3 Å². The molecule has 6 heteroatoms. The Labute approximate surface area is 171 Å². The van der Waals surface area contributed by atoms with Crippen molar-refractivity contribution in [3.63, 3.8) is 0 Å². The number of hydrogen-bond acceptors (Lipinski definition) is 5.